The summed E-state index contributed by atoms with van der Waals surface area (Å²) in [6.07, 6.45) is 2.15. The van der Waals surface area contributed by atoms with Crippen LogP contribution in [0.15, 0.2) is 97.2 Å². The first-order valence-electron chi connectivity index (χ1n) is 7.92. The monoisotopic (exact) mass is 296 g/mol. The molecule has 0 unspecified atom stereocenters. The largest absolute Gasteiger partial charge is 0.212 e. The van der Waals surface area contributed by atoms with Gasteiger partial charge in [0.2, 0.25) is 5.69 Å². The minimum atomic E-state index is 0.881. The van der Waals surface area contributed by atoms with Crippen molar-refractivity contribution < 1.29 is 4.57 Å². The maximum Gasteiger partial charge on any atom is 0.212 e. The zero-order valence-corrected chi connectivity index (χ0v) is 12.9. The van der Waals surface area contributed by atoms with Crippen LogP contribution >= 0.6 is 0 Å². The molecule has 1 aromatic carbocycles. The second kappa shape index (κ2) is 6.05. The predicted molar refractivity (Wildman–Crippen MR) is 94.2 cm³/mol. The minimum Gasteiger partial charge on any atom is -0.194 e. The Morgan fingerprint density at radius 3 is 1.87 bits per heavy atom. The van der Waals surface area contributed by atoms with Gasteiger partial charge in [-0.1, -0.05) is 60.7 Å². The number of nitrogens with zero attached hydrogens (tertiary/aromatic N) is 1. The van der Waals surface area contributed by atoms with Crippen LogP contribution in [0.4, 0.5) is 0 Å². The van der Waals surface area contributed by atoms with Crippen molar-refractivity contribution in [1.29, 1.82) is 0 Å². The fourth-order valence-electron chi connectivity index (χ4n) is 3.02. The molecule has 2 aliphatic rings. The smallest absolute Gasteiger partial charge is 0.194 e. The van der Waals surface area contributed by atoms with E-state index in [1.54, 1.807) is 0 Å². The van der Waals surface area contributed by atoms with Crippen LogP contribution in [-0.4, -0.2) is 0 Å². The van der Waals surface area contributed by atoms with Gasteiger partial charge in [0, 0.05) is 23.3 Å². The van der Waals surface area contributed by atoms with Gasteiger partial charge < -0.3 is 0 Å². The van der Waals surface area contributed by atoms with Crippen molar-refractivity contribution in [1.82, 2.24) is 0 Å². The van der Waals surface area contributed by atoms with Crippen molar-refractivity contribution in [3.8, 4) is 22.4 Å². The van der Waals surface area contributed by atoms with Gasteiger partial charge >= 0.3 is 0 Å². The fraction of sp³-hybridized carbons (Fsp3) is 0.0455. The number of fused-ring (bicyclic) bond motifs is 1. The van der Waals surface area contributed by atoms with Crippen LogP contribution in [-0.2, 0) is 6.54 Å². The molecule has 0 radical (unpaired) electrons. The molecule has 0 amide bonds. The van der Waals surface area contributed by atoms with Crippen LogP contribution in [0.2, 0.25) is 0 Å². The van der Waals surface area contributed by atoms with E-state index in [0.29, 0.717) is 0 Å². The summed E-state index contributed by atoms with van der Waals surface area (Å²) in [5.74, 6) is 0. The lowest BCUT2D eigenvalue weighted by molar-refractivity contribution is -0.677. The molecule has 2 aliphatic carbocycles. The van der Waals surface area contributed by atoms with Gasteiger partial charge in [0.05, 0.1) is 0 Å². The minimum absolute atomic E-state index is 0.881. The Kier molecular flexibility index (Phi) is 3.61. The standard InChI is InChI=1S/C22H18N/c1-3-9-18(10-4-1)17-23-14-8-7-13-22(23)21-15-19-11-5-2-6-12-20(19)16-21/h1-16H,17H2/q+1. The lowest BCUT2D eigenvalue weighted by atomic mass is 10.1. The Labute approximate surface area is 136 Å². The van der Waals surface area contributed by atoms with E-state index < -0.39 is 0 Å². The molecule has 1 nitrogen and oxygen atoms in total. The molecule has 0 aliphatic heterocycles. The number of hydrogen-bond acceptors (Lipinski definition) is 0. The Hall–Kier alpha value is -2.93. The van der Waals surface area contributed by atoms with Gasteiger partial charge in [-0.25, -0.2) is 0 Å². The van der Waals surface area contributed by atoms with Crippen molar-refractivity contribution in [2.24, 2.45) is 0 Å². The summed E-state index contributed by atoms with van der Waals surface area (Å²) in [4.78, 5) is 0. The quantitative estimate of drug-likeness (QED) is 0.478. The third-order valence-electron chi connectivity index (χ3n) is 4.16. The summed E-state index contributed by atoms with van der Waals surface area (Å²) in [5, 5.41) is 0. The molecule has 1 aromatic heterocycles. The van der Waals surface area contributed by atoms with Gasteiger partial charge in [-0.3, -0.25) is 0 Å². The topological polar surface area (TPSA) is 3.88 Å². The van der Waals surface area contributed by atoms with Gasteiger partial charge in [-0.2, -0.15) is 4.57 Å². The van der Waals surface area contributed by atoms with E-state index >= 15 is 0 Å². The Balaban J connectivity index is 1.78. The molecule has 23 heavy (non-hydrogen) atoms. The van der Waals surface area contributed by atoms with Crippen LogP contribution in [0.25, 0.3) is 22.4 Å². The second-order valence-electron chi connectivity index (χ2n) is 5.76. The van der Waals surface area contributed by atoms with Crippen molar-refractivity contribution >= 4 is 0 Å². The maximum absolute atomic E-state index is 2.31. The van der Waals surface area contributed by atoms with Crippen molar-refractivity contribution in [3.05, 3.63) is 103 Å². The van der Waals surface area contributed by atoms with E-state index in [9.17, 15) is 0 Å². The lowest BCUT2D eigenvalue weighted by Gasteiger charge is -2.02. The highest BCUT2D eigenvalue weighted by Gasteiger charge is 2.16. The van der Waals surface area contributed by atoms with Crippen molar-refractivity contribution in [2.45, 2.75) is 6.54 Å². The molecule has 2 aromatic rings. The van der Waals surface area contributed by atoms with Gasteiger partial charge in [0.1, 0.15) is 0 Å². The van der Waals surface area contributed by atoms with E-state index in [1.165, 1.54) is 27.9 Å². The Bertz CT molecular complexity index is 865. The van der Waals surface area contributed by atoms with Gasteiger partial charge in [0.25, 0.3) is 0 Å². The first-order chi connectivity index (χ1) is 11.4. The maximum atomic E-state index is 2.31. The lowest BCUT2D eigenvalue weighted by Crippen LogP contribution is -2.36. The molecular weight excluding hydrogens is 278 g/mol. The van der Waals surface area contributed by atoms with Gasteiger partial charge in [0.15, 0.2) is 12.7 Å². The molecule has 0 bridgehead atoms. The van der Waals surface area contributed by atoms with E-state index in [0.717, 1.165) is 6.54 Å². The molecule has 0 saturated heterocycles. The average Bonchev–Trinajstić information content (AvgIpc) is 2.87. The van der Waals surface area contributed by atoms with Crippen LogP contribution in [0, 0.1) is 0 Å². The van der Waals surface area contributed by atoms with E-state index in [1.807, 2.05) is 0 Å². The summed E-state index contributed by atoms with van der Waals surface area (Å²) < 4.78 is 2.31. The average molecular weight is 296 g/mol. The first-order valence-corrected chi connectivity index (χ1v) is 7.92. The molecule has 0 saturated carbocycles. The van der Waals surface area contributed by atoms with Crippen LogP contribution in [0.3, 0.4) is 0 Å². The van der Waals surface area contributed by atoms with E-state index in [4.69, 9.17) is 0 Å². The third kappa shape index (κ3) is 2.86. The number of aromatic nitrogens is 1. The van der Waals surface area contributed by atoms with Crippen molar-refractivity contribution in [3.63, 3.8) is 0 Å². The highest BCUT2D eigenvalue weighted by atomic mass is 15.0. The predicted octanol–water partition coefficient (Wildman–Crippen LogP) is 4.79. The molecule has 0 spiro atoms. The summed E-state index contributed by atoms with van der Waals surface area (Å²) in [5.41, 5.74) is 6.38. The molecule has 0 atom stereocenters. The summed E-state index contributed by atoms with van der Waals surface area (Å²) >= 11 is 0. The zero-order chi connectivity index (χ0) is 15.5. The van der Waals surface area contributed by atoms with E-state index in [-0.39, 0.29) is 0 Å². The summed E-state index contributed by atoms with van der Waals surface area (Å²) in [6, 6.07) is 32.1. The third-order valence-corrected chi connectivity index (χ3v) is 4.16. The Morgan fingerprint density at radius 2 is 1.17 bits per heavy atom. The number of rotatable bonds is 3. The van der Waals surface area contributed by atoms with Crippen LogP contribution in [0.5, 0.6) is 0 Å². The van der Waals surface area contributed by atoms with Crippen molar-refractivity contribution in [2.75, 3.05) is 0 Å². The number of pyridine rings is 1. The summed E-state index contributed by atoms with van der Waals surface area (Å²) in [7, 11) is 0. The summed E-state index contributed by atoms with van der Waals surface area (Å²) in [6.45, 7) is 0.881. The highest BCUT2D eigenvalue weighted by molar-refractivity contribution is 5.77. The highest BCUT2D eigenvalue weighted by Crippen LogP contribution is 2.30. The van der Waals surface area contributed by atoms with Crippen LogP contribution in [0.1, 0.15) is 5.56 Å². The SMILES string of the molecule is c1ccc(C[n+]2ccccc2-c2cc3cccccc-3c2)cc1. The van der Waals surface area contributed by atoms with Gasteiger partial charge in [-0.15, -0.1) is 0 Å². The second-order valence-corrected chi connectivity index (χ2v) is 5.76. The Morgan fingerprint density at radius 1 is 0.565 bits per heavy atom. The molecular formula is C22H18N+. The molecule has 4 rings (SSSR count). The number of benzene rings is 1. The zero-order valence-electron chi connectivity index (χ0n) is 12.9. The molecule has 0 fully saturated rings. The molecule has 0 N–H and O–H groups in total. The van der Waals surface area contributed by atoms with Gasteiger partial charge in [-0.05, 0) is 29.3 Å². The first kappa shape index (κ1) is 13.7. The normalized spacial score (nSPS) is 10.8. The molecule has 110 valence electrons. The fourth-order valence-corrected chi connectivity index (χ4v) is 3.02. The van der Waals surface area contributed by atoms with Crippen LogP contribution < -0.4 is 4.57 Å². The van der Waals surface area contributed by atoms with E-state index in [2.05, 4.69) is 102 Å². The number of hydrogen-bond donors (Lipinski definition) is 0. The molecule has 1 heteroatoms. The molecule has 1 heterocycles.